The normalized spacial score (nSPS) is 10.5. The molecule has 0 heterocycles. The number of hydrogen-bond donors (Lipinski definition) is 0. The Labute approximate surface area is 109 Å². The average Bonchev–Trinajstić information content (AvgIpc) is 2.37. The summed E-state index contributed by atoms with van der Waals surface area (Å²) in [5.41, 5.74) is 1.37. The summed E-state index contributed by atoms with van der Waals surface area (Å²) in [6.07, 6.45) is 3.62. The van der Waals surface area contributed by atoms with Crippen LogP contribution < -0.4 is 4.74 Å². The summed E-state index contributed by atoms with van der Waals surface area (Å²) in [7, 11) is 0. The molecule has 1 aromatic rings. The highest BCUT2D eigenvalue weighted by molar-refractivity contribution is 6.17. The van der Waals surface area contributed by atoms with Crippen LogP contribution in [0.25, 0.3) is 0 Å². The van der Waals surface area contributed by atoms with E-state index in [1.165, 1.54) is 18.4 Å². The fraction of sp³-hybridized carbons (Fsp3) is 0.571. The largest absolute Gasteiger partial charge is 0.491 e. The van der Waals surface area contributed by atoms with Gasteiger partial charge in [0.2, 0.25) is 0 Å². The Kier molecular flexibility index (Phi) is 7.85. The van der Waals surface area contributed by atoms with E-state index in [2.05, 4.69) is 19.1 Å². The summed E-state index contributed by atoms with van der Waals surface area (Å²) in [5.74, 6) is 1.44. The lowest BCUT2D eigenvalue weighted by Gasteiger charge is -2.07. The maximum Gasteiger partial charge on any atom is 0.119 e. The maximum absolute atomic E-state index is 5.54. The Morgan fingerprint density at radius 1 is 1.06 bits per heavy atom. The van der Waals surface area contributed by atoms with E-state index in [1.54, 1.807) is 0 Å². The predicted molar refractivity (Wildman–Crippen MR) is 72.1 cm³/mol. The van der Waals surface area contributed by atoms with Crippen molar-refractivity contribution in [3.05, 3.63) is 29.8 Å². The molecular weight excluding hydrogens is 236 g/mol. The summed E-state index contributed by atoms with van der Waals surface area (Å²) in [5, 5.41) is 0. The standard InChI is InChI=1S/C14H21ClO2/c1-2-3-4-13-5-7-14(8-6-13)17-12-11-16-10-9-15/h5-8H,2-4,9-12H2,1H3. The van der Waals surface area contributed by atoms with Gasteiger partial charge < -0.3 is 9.47 Å². The van der Waals surface area contributed by atoms with Crippen molar-refractivity contribution in [1.29, 1.82) is 0 Å². The van der Waals surface area contributed by atoms with Gasteiger partial charge in [-0.15, -0.1) is 11.6 Å². The van der Waals surface area contributed by atoms with Crippen molar-refractivity contribution in [1.82, 2.24) is 0 Å². The van der Waals surface area contributed by atoms with Crippen LogP contribution in [0.3, 0.4) is 0 Å². The van der Waals surface area contributed by atoms with Crippen LogP contribution in [0.1, 0.15) is 25.3 Å². The fourth-order valence-electron chi connectivity index (χ4n) is 1.51. The number of ether oxygens (including phenoxy) is 2. The van der Waals surface area contributed by atoms with Gasteiger partial charge in [0.25, 0.3) is 0 Å². The van der Waals surface area contributed by atoms with E-state index >= 15 is 0 Å². The molecule has 0 fully saturated rings. The van der Waals surface area contributed by atoms with Gasteiger partial charge in [0.05, 0.1) is 13.2 Å². The van der Waals surface area contributed by atoms with Crippen molar-refractivity contribution in [3.63, 3.8) is 0 Å². The second-order valence-electron chi connectivity index (χ2n) is 3.90. The molecule has 0 bridgehead atoms. The third-order valence-corrected chi connectivity index (χ3v) is 2.61. The third kappa shape index (κ3) is 6.54. The quantitative estimate of drug-likeness (QED) is 0.496. The lowest BCUT2D eigenvalue weighted by atomic mass is 10.1. The molecule has 0 saturated carbocycles. The predicted octanol–water partition coefficient (Wildman–Crippen LogP) is 3.66. The first-order valence-corrected chi connectivity index (χ1v) is 6.75. The van der Waals surface area contributed by atoms with Gasteiger partial charge in [-0.1, -0.05) is 25.5 Å². The SMILES string of the molecule is CCCCc1ccc(OCCOCCCl)cc1. The first-order valence-electron chi connectivity index (χ1n) is 6.22. The summed E-state index contributed by atoms with van der Waals surface area (Å²) >= 11 is 5.49. The molecule has 0 aliphatic rings. The van der Waals surface area contributed by atoms with Crippen LogP contribution in [0.2, 0.25) is 0 Å². The van der Waals surface area contributed by atoms with E-state index < -0.39 is 0 Å². The molecule has 0 saturated heterocycles. The Balaban J connectivity index is 2.20. The van der Waals surface area contributed by atoms with Gasteiger partial charge in [0, 0.05) is 5.88 Å². The van der Waals surface area contributed by atoms with Gasteiger partial charge in [0.15, 0.2) is 0 Å². The monoisotopic (exact) mass is 256 g/mol. The van der Waals surface area contributed by atoms with Crippen LogP contribution >= 0.6 is 11.6 Å². The lowest BCUT2D eigenvalue weighted by molar-refractivity contribution is 0.111. The summed E-state index contributed by atoms with van der Waals surface area (Å²) < 4.78 is 10.8. The molecule has 17 heavy (non-hydrogen) atoms. The van der Waals surface area contributed by atoms with Crippen LogP contribution in [0, 0.1) is 0 Å². The molecule has 0 radical (unpaired) electrons. The van der Waals surface area contributed by atoms with Crippen LogP contribution in [0.15, 0.2) is 24.3 Å². The first kappa shape index (κ1) is 14.3. The highest BCUT2D eigenvalue weighted by Gasteiger charge is 1.96. The summed E-state index contributed by atoms with van der Waals surface area (Å²) in [6.45, 7) is 3.95. The van der Waals surface area contributed by atoms with E-state index in [-0.39, 0.29) is 0 Å². The number of hydrogen-bond acceptors (Lipinski definition) is 2. The molecule has 1 rings (SSSR count). The van der Waals surface area contributed by atoms with Gasteiger partial charge in [-0.25, -0.2) is 0 Å². The zero-order valence-corrected chi connectivity index (χ0v) is 11.2. The highest BCUT2D eigenvalue weighted by atomic mass is 35.5. The van der Waals surface area contributed by atoms with Gasteiger partial charge >= 0.3 is 0 Å². The van der Waals surface area contributed by atoms with E-state index in [0.717, 1.165) is 12.2 Å². The molecule has 0 N–H and O–H groups in total. The van der Waals surface area contributed by atoms with Gasteiger partial charge in [-0.2, -0.15) is 0 Å². The second-order valence-corrected chi connectivity index (χ2v) is 4.28. The summed E-state index contributed by atoms with van der Waals surface area (Å²) in [6, 6.07) is 8.30. The smallest absolute Gasteiger partial charge is 0.119 e. The Hall–Kier alpha value is -0.730. The van der Waals surface area contributed by atoms with Crippen LogP contribution in [0.4, 0.5) is 0 Å². The van der Waals surface area contributed by atoms with E-state index in [0.29, 0.717) is 25.7 Å². The molecular formula is C14H21ClO2. The topological polar surface area (TPSA) is 18.5 Å². The van der Waals surface area contributed by atoms with E-state index in [9.17, 15) is 0 Å². The molecule has 2 nitrogen and oxygen atoms in total. The van der Waals surface area contributed by atoms with Gasteiger partial charge in [-0.3, -0.25) is 0 Å². The lowest BCUT2D eigenvalue weighted by Crippen LogP contribution is -2.07. The van der Waals surface area contributed by atoms with E-state index in [1.807, 2.05) is 12.1 Å². The Morgan fingerprint density at radius 2 is 1.82 bits per heavy atom. The molecule has 0 atom stereocenters. The average molecular weight is 257 g/mol. The fourth-order valence-corrected chi connectivity index (χ4v) is 1.62. The zero-order valence-electron chi connectivity index (χ0n) is 10.5. The van der Waals surface area contributed by atoms with Crippen LogP contribution in [0.5, 0.6) is 5.75 Å². The molecule has 96 valence electrons. The van der Waals surface area contributed by atoms with Crippen molar-refractivity contribution >= 4 is 11.6 Å². The second kappa shape index (κ2) is 9.32. The molecule has 3 heteroatoms. The third-order valence-electron chi connectivity index (χ3n) is 2.46. The van der Waals surface area contributed by atoms with Gasteiger partial charge in [-0.05, 0) is 30.5 Å². The first-order chi connectivity index (χ1) is 8.36. The minimum Gasteiger partial charge on any atom is -0.491 e. The van der Waals surface area contributed by atoms with Crippen LogP contribution in [-0.2, 0) is 11.2 Å². The number of rotatable bonds is 9. The number of aryl methyl sites for hydroxylation is 1. The molecule has 0 amide bonds. The van der Waals surface area contributed by atoms with Gasteiger partial charge in [0.1, 0.15) is 12.4 Å². The number of unbranched alkanes of at least 4 members (excludes halogenated alkanes) is 1. The van der Waals surface area contributed by atoms with Crippen molar-refractivity contribution in [3.8, 4) is 5.75 Å². The van der Waals surface area contributed by atoms with Crippen LogP contribution in [-0.4, -0.2) is 25.7 Å². The van der Waals surface area contributed by atoms with Crippen molar-refractivity contribution in [2.24, 2.45) is 0 Å². The Morgan fingerprint density at radius 3 is 2.47 bits per heavy atom. The minimum absolute atomic E-state index is 0.534. The zero-order chi connectivity index (χ0) is 12.3. The number of benzene rings is 1. The van der Waals surface area contributed by atoms with Crippen molar-refractivity contribution in [2.75, 3.05) is 25.7 Å². The molecule has 0 unspecified atom stereocenters. The molecule has 0 aromatic heterocycles. The summed E-state index contributed by atoms with van der Waals surface area (Å²) in [4.78, 5) is 0. The molecule has 0 aliphatic carbocycles. The van der Waals surface area contributed by atoms with E-state index in [4.69, 9.17) is 21.1 Å². The molecule has 0 spiro atoms. The molecule has 1 aromatic carbocycles. The molecule has 0 aliphatic heterocycles. The maximum atomic E-state index is 5.54. The number of halogens is 1. The van der Waals surface area contributed by atoms with Crippen molar-refractivity contribution < 1.29 is 9.47 Å². The number of alkyl halides is 1. The minimum atomic E-state index is 0.534. The highest BCUT2D eigenvalue weighted by Crippen LogP contribution is 2.13. The Bertz CT molecular complexity index is 285. The van der Waals surface area contributed by atoms with Crippen molar-refractivity contribution in [2.45, 2.75) is 26.2 Å².